The highest BCUT2D eigenvalue weighted by molar-refractivity contribution is 5.42. The second-order valence-corrected chi connectivity index (χ2v) is 7.33. The van der Waals surface area contributed by atoms with Gasteiger partial charge in [-0.2, -0.15) is 4.98 Å². The molecule has 7 nitrogen and oxygen atoms in total. The number of anilines is 2. The van der Waals surface area contributed by atoms with Crippen molar-refractivity contribution >= 4 is 11.8 Å². The fourth-order valence-corrected chi connectivity index (χ4v) is 3.77. The van der Waals surface area contributed by atoms with E-state index in [0.29, 0.717) is 6.04 Å². The molecule has 1 unspecified atom stereocenters. The number of hydrogen-bond acceptors (Lipinski definition) is 7. The monoisotopic (exact) mass is 368 g/mol. The normalized spacial score (nSPS) is 21.2. The van der Waals surface area contributed by atoms with Crippen molar-refractivity contribution < 1.29 is 4.74 Å². The third-order valence-electron chi connectivity index (χ3n) is 5.29. The summed E-state index contributed by atoms with van der Waals surface area (Å²) in [6.45, 7) is 8.36. The zero-order valence-corrected chi connectivity index (χ0v) is 16.0. The molecule has 2 fully saturated rings. The Hall–Kier alpha value is -2.25. The van der Waals surface area contributed by atoms with Crippen molar-refractivity contribution in [2.24, 2.45) is 0 Å². The molecule has 0 saturated carbocycles. The Balaban J connectivity index is 1.37. The number of hydrogen-bond donors (Lipinski definition) is 1. The minimum atomic E-state index is 0.398. The number of ether oxygens (including phenoxy) is 1. The zero-order valence-electron chi connectivity index (χ0n) is 16.0. The van der Waals surface area contributed by atoms with Gasteiger partial charge in [-0.3, -0.25) is 9.88 Å². The molecule has 4 heterocycles. The SMILES string of the molecule is Cc1cccnc1CN1CCCC(Nc2ccnc(N3CCOCC3)n2)C1. The van der Waals surface area contributed by atoms with Gasteiger partial charge in [-0.1, -0.05) is 6.07 Å². The molecule has 1 atom stereocenters. The molecule has 0 aliphatic carbocycles. The molecule has 144 valence electrons. The Bertz CT molecular complexity index is 749. The topological polar surface area (TPSA) is 66.4 Å². The van der Waals surface area contributed by atoms with Gasteiger partial charge in [-0.05, 0) is 44.0 Å². The van der Waals surface area contributed by atoms with Gasteiger partial charge in [0.15, 0.2) is 0 Å². The number of piperidine rings is 1. The Labute approximate surface area is 160 Å². The predicted molar refractivity (Wildman–Crippen MR) is 106 cm³/mol. The average molecular weight is 368 g/mol. The van der Waals surface area contributed by atoms with Crippen molar-refractivity contribution in [3.63, 3.8) is 0 Å². The minimum Gasteiger partial charge on any atom is -0.378 e. The van der Waals surface area contributed by atoms with Crippen LogP contribution in [-0.2, 0) is 11.3 Å². The fourth-order valence-electron chi connectivity index (χ4n) is 3.77. The number of pyridine rings is 1. The van der Waals surface area contributed by atoms with Crippen LogP contribution in [0.3, 0.4) is 0 Å². The van der Waals surface area contributed by atoms with Crippen molar-refractivity contribution in [3.05, 3.63) is 41.9 Å². The lowest BCUT2D eigenvalue weighted by atomic mass is 10.0. The molecule has 2 saturated heterocycles. The number of morpholine rings is 1. The van der Waals surface area contributed by atoms with Crippen molar-refractivity contribution in [1.29, 1.82) is 0 Å². The number of likely N-dealkylation sites (tertiary alicyclic amines) is 1. The van der Waals surface area contributed by atoms with Crippen LogP contribution in [0.5, 0.6) is 0 Å². The van der Waals surface area contributed by atoms with Gasteiger partial charge in [0.2, 0.25) is 5.95 Å². The smallest absolute Gasteiger partial charge is 0.227 e. The quantitative estimate of drug-likeness (QED) is 0.867. The van der Waals surface area contributed by atoms with E-state index in [-0.39, 0.29) is 0 Å². The van der Waals surface area contributed by atoms with Crippen LogP contribution >= 0.6 is 0 Å². The summed E-state index contributed by atoms with van der Waals surface area (Å²) in [6.07, 6.45) is 6.08. The number of nitrogens with zero attached hydrogens (tertiary/aromatic N) is 5. The molecular weight excluding hydrogens is 340 g/mol. The third-order valence-corrected chi connectivity index (χ3v) is 5.29. The van der Waals surface area contributed by atoms with Crippen LogP contribution in [0.25, 0.3) is 0 Å². The molecule has 0 aromatic carbocycles. The van der Waals surface area contributed by atoms with Crippen LogP contribution in [-0.4, -0.2) is 65.3 Å². The van der Waals surface area contributed by atoms with Gasteiger partial charge in [0.05, 0.1) is 18.9 Å². The predicted octanol–water partition coefficient (Wildman–Crippen LogP) is 2.09. The van der Waals surface area contributed by atoms with Gasteiger partial charge in [-0.25, -0.2) is 4.98 Å². The van der Waals surface area contributed by atoms with Gasteiger partial charge < -0.3 is 15.0 Å². The van der Waals surface area contributed by atoms with E-state index in [9.17, 15) is 0 Å². The molecule has 2 aliphatic rings. The number of nitrogens with one attached hydrogen (secondary N) is 1. The van der Waals surface area contributed by atoms with Crippen molar-refractivity contribution in [3.8, 4) is 0 Å². The first-order chi connectivity index (χ1) is 13.3. The molecule has 0 bridgehead atoms. The lowest BCUT2D eigenvalue weighted by molar-refractivity contribution is 0.122. The largest absolute Gasteiger partial charge is 0.378 e. The van der Waals surface area contributed by atoms with E-state index >= 15 is 0 Å². The number of rotatable bonds is 5. The first kappa shape index (κ1) is 18.1. The third kappa shape index (κ3) is 4.73. The second-order valence-electron chi connectivity index (χ2n) is 7.33. The van der Waals surface area contributed by atoms with E-state index in [4.69, 9.17) is 9.72 Å². The van der Waals surface area contributed by atoms with E-state index in [1.165, 1.54) is 17.7 Å². The van der Waals surface area contributed by atoms with Crippen molar-refractivity contribution in [1.82, 2.24) is 19.9 Å². The summed E-state index contributed by atoms with van der Waals surface area (Å²) in [5, 5.41) is 3.62. The molecule has 2 aliphatic heterocycles. The van der Waals surface area contributed by atoms with E-state index in [0.717, 1.165) is 64.1 Å². The molecule has 1 N–H and O–H groups in total. The summed E-state index contributed by atoms with van der Waals surface area (Å²) in [6, 6.07) is 6.50. The summed E-state index contributed by atoms with van der Waals surface area (Å²) in [5.74, 6) is 1.70. The Morgan fingerprint density at radius 3 is 2.89 bits per heavy atom. The van der Waals surface area contributed by atoms with E-state index in [1.54, 1.807) is 0 Å². The van der Waals surface area contributed by atoms with Gasteiger partial charge in [-0.15, -0.1) is 0 Å². The van der Waals surface area contributed by atoms with Crippen LogP contribution in [0.15, 0.2) is 30.6 Å². The van der Waals surface area contributed by atoms with Gasteiger partial charge in [0.25, 0.3) is 0 Å². The molecule has 27 heavy (non-hydrogen) atoms. The molecule has 2 aromatic heterocycles. The lowest BCUT2D eigenvalue weighted by Gasteiger charge is -2.33. The van der Waals surface area contributed by atoms with Crippen LogP contribution in [0.2, 0.25) is 0 Å². The highest BCUT2D eigenvalue weighted by atomic mass is 16.5. The minimum absolute atomic E-state index is 0.398. The zero-order chi connectivity index (χ0) is 18.5. The van der Waals surface area contributed by atoms with E-state index in [1.807, 2.05) is 24.5 Å². The molecule has 2 aromatic rings. The molecule has 4 rings (SSSR count). The van der Waals surface area contributed by atoms with Gasteiger partial charge in [0.1, 0.15) is 5.82 Å². The van der Waals surface area contributed by atoms with Crippen LogP contribution in [0, 0.1) is 6.92 Å². The average Bonchev–Trinajstić information content (AvgIpc) is 2.71. The van der Waals surface area contributed by atoms with Crippen LogP contribution < -0.4 is 10.2 Å². The molecule has 0 amide bonds. The lowest BCUT2D eigenvalue weighted by Crippen LogP contribution is -2.42. The first-order valence-electron chi connectivity index (χ1n) is 9.83. The summed E-state index contributed by atoms with van der Waals surface area (Å²) in [4.78, 5) is 18.4. The second kappa shape index (κ2) is 8.63. The standard InChI is InChI=1S/C20H28N6O/c1-16-4-2-7-21-18(16)15-25-9-3-5-17(14-25)23-19-6-8-22-20(24-19)26-10-12-27-13-11-26/h2,4,6-8,17H,3,5,9-15H2,1H3,(H,22,23,24). The summed E-state index contributed by atoms with van der Waals surface area (Å²) >= 11 is 0. The Kier molecular flexibility index (Phi) is 5.79. The highest BCUT2D eigenvalue weighted by Crippen LogP contribution is 2.19. The first-order valence-corrected chi connectivity index (χ1v) is 9.83. The van der Waals surface area contributed by atoms with Crippen LogP contribution in [0.1, 0.15) is 24.1 Å². The summed E-state index contributed by atoms with van der Waals surface area (Å²) in [7, 11) is 0. The fraction of sp³-hybridized carbons (Fsp3) is 0.550. The molecule has 0 spiro atoms. The molecule has 0 radical (unpaired) electrons. The summed E-state index contributed by atoms with van der Waals surface area (Å²) in [5.41, 5.74) is 2.44. The number of aromatic nitrogens is 3. The van der Waals surface area contributed by atoms with Gasteiger partial charge in [0, 0.05) is 44.6 Å². The maximum absolute atomic E-state index is 5.42. The van der Waals surface area contributed by atoms with E-state index < -0.39 is 0 Å². The Morgan fingerprint density at radius 1 is 1.15 bits per heavy atom. The Morgan fingerprint density at radius 2 is 2.04 bits per heavy atom. The maximum atomic E-state index is 5.42. The van der Waals surface area contributed by atoms with Crippen LogP contribution in [0.4, 0.5) is 11.8 Å². The van der Waals surface area contributed by atoms with Gasteiger partial charge >= 0.3 is 0 Å². The van der Waals surface area contributed by atoms with Crippen molar-refractivity contribution in [2.45, 2.75) is 32.4 Å². The summed E-state index contributed by atoms with van der Waals surface area (Å²) < 4.78 is 5.42. The highest BCUT2D eigenvalue weighted by Gasteiger charge is 2.21. The molecule has 7 heteroatoms. The van der Waals surface area contributed by atoms with Crippen molar-refractivity contribution in [2.75, 3.05) is 49.6 Å². The maximum Gasteiger partial charge on any atom is 0.227 e. The molecular formula is C20H28N6O. The van der Waals surface area contributed by atoms with E-state index in [2.05, 4.69) is 38.1 Å². The number of aryl methyl sites for hydroxylation is 1.